The summed E-state index contributed by atoms with van der Waals surface area (Å²) in [7, 11) is 1.79. The summed E-state index contributed by atoms with van der Waals surface area (Å²) in [5.74, 6) is 1.21. The molecular formula is C11H16HgO3. The zero-order chi connectivity index (χ0) is 10.8. The van der Waals surface area contributed by atoms with Crippen molar-refractivity contribution in [1.82, 2.24) is 0 Å². The molecule has 3 nitrogen and oxygen atoms in total. The topological polar surface area (TPSA) is 35.5 Å². The second kappa shape index (κ2) is 4.96. The molecule has 2 bridgehead atoms. The van der Waals surface area contributed by atoms with Crippen LogP contribution in [0.4, 0.5) is 0 Å². The minimum atomic E-state index is -1.50. The molecule has 0 radical (unpaired) electrons. The van der Waals surface area contributed by atoms with Crippen LogP contribution in [-0.4, -0.2) is 19.2 Å². The second-order valence-electron chi connectivity index (χ2n) is 4.52. The van der Waals surface area contributed by atoms with E-state index in [4.69, 9.17) is 7.38 Å². The molecule has 2 aliphatic carbocycles. The van der Waals surface area contributed by atoms with Crippen LogP contribution in [0, 0.1) is 11.8 Å². The van der Waals surface area contributed by atoms with Gasteiger partial charge in [0.05, 0.1) is 0 Å². The van der Waals surface area contributed by atoms with Crippen LogP contribution >= 0.6 is 0 Å². The molecule has 0 aromatic rings. The number of ether oxygens (including phenoxy) is 1. The van der Waals surface area contributed by atoms with Crippen LogP contribution in [0.1, 0.15) is 19.8 Å². The van der Waals surface area contributed by atoms with E-state index in [9.17, 15) is 4.79 Å². The van der Waals surface area contributed by atoms with E-state index in [1.54, 1.807) is 7.11 Å². The van der Waals surface area contributed by atoms with E-state index in [-0.39, 0.29) is 5.97 Å². The molecule has 1 fully saturated rings. The third kappa shape index (κ3) is 2.62. The number of hydrogen-bond acceptors (Lipinski definition) is 3. The van der Waals surface area contributed by atoms with Crippen LogP contribution in [0.15, 0.2) is 12.2 Å². The summed E-state index contributed by atoms with van der Waals surface area (Å²) in [6.07, 6.45) is 7.29. The summed E-state index contributed by atoms with van der Waals surface area (Å²) in [4.78, 5) is 10.8. The van der Waals surface area contributed by atoms with Crippen molar-refractivity contribution in [2.24, 2.45) is 11.8 Å². The summed E-state index contributed by atoms with van der Waals surface area (Å²) < 4.78 is 11.5. The molecule has 0 aromatic heterocycles. The molecule has 0 unspecified atom stereocenters. The van der Waals surface area contributed by atoms with Crippen molar-refractivity contribution in [3.63, 3.8) is 0 Å². The molecule has 0 aromatic carbocycles. The number of fused-ring (bicyclic) bond motifs is 2. The number of methoxy groups -OCH3 is 1. The van der Waals surface area contributed by atoms with Crippen LogP contribution in [0.5, 0.6) is 0 Å². The van der Waals surface area contributed by atoms with Gasteiger partial charge in [-0.2, -0.15) is 0 Å². The van der Waals surface area contributed by atoms with Gasteiger partial charge in [0.2, 0.25) is 0 Å². The Balaban J connectivity index is 1.94. The maximum atomic E-state index is 10.8. The molecule has 0 heterocycles. The van der Waals surface area contributed by atoms with Crippen LogP contribution < -0.4 is 0 Å². The summed E-state index contributed by atoms with van der Waals surface area (Å²) in [5.41, 5.74) is 0. The van der Waals surface area contributed by atoms with Crippen molar-refractivity contribution < 1.29 is 37.2 Å². The summed E-state index contributed by atoms with van der Waals surface area (Å²) >= 11 is -1.50. The Morgan fingerprint density at radius 3 is 2.73 bits per heavy atom. The summed E-state index contributed by atoms with van der Waals surface area (Å²) in [6, 6.07) is 0. The first-order valence-corrected chi connectivity index (χ1v) is 11.0. The predicted molar refractivity (Wildman–Crippen MR) is 51.7 cm³/mol. The number of rotatable bonds is 3. The fourth-order valence-electron chi connectivity index (χ4n) is 2.72. The van der Waals surface area contributed by atoms with E-state index in [2.05, 4.69) is 12.2 Å². The van der Waals surface area contributed by atoms with Crippen molar-refractivity contribution in [2.45, 2.75) is 29.3 Å². The number of carbonyl (C=O) groups is 1. The van der Waals surface area contributed by atoms with Crippen molar-refractivity contribution in [3.8, 4) is 0 Å². The standard InChI is InChI=1S/C9H13O.C2H4O2.Hg/c1-10-9-5-3-7-2-4-8(9)6-7;1-2(3)4;/h2-4,7-9H,5-6H2,1H3;1H3,(H,3,4);/q;;+1/p-1/t7-,8-,9+;;/m1../s1. The Hall–Kier alpha value is 0.105. The molecular weight excluding hydrogens is 381 g/mol. The Morgan fingerprint density at radius 2 is 2.07 bits per heavy atom. The van der Waals surface area contributed by atoms with Gasteiger partial charge in [-0.15, -0.1) is 0 Å². The first-order valence-electron chi connectivity index (χ1n) is 5.55. The van der Waals surface area contributed by atoms with E-state index in [1.165, 1.54) is 13.3 Å². The monoisotopic (exact) mass is 398 g/mol. The Morgan fingerprint density at radius 1 is 1.33 bits per heavy atom. The molecule has 15 heavy (non-hydrogen) atoms. The Kier molecular flexibility index (Phi) is 3.83. The number of hydrogen-bond donors (Lipinski definition) is 0. The van der Waals surface area contributed by atoms with E-state index >= 15 is 0 Å². The third-order valence-electron chi connectivity index (χ3n) is 3.57. The molecule has 1 saturated carbocycles. The molecule has 80 valence electrons. The normalized spacial score (nSPS) is 37.5. The first kappa shape index (κ1) is 11.6. The summed E-state index contributed by atoms with van der Waals surface area (Å²) in [6.45, 7) is 1.52. The van der Waals surface area contributed by atoms with Crippen LogP contribution in [0.3, 0.4) is 0 Å². The first-order chi connectivity index (χ1) is 7.20. The van der Waals surface area contributed by atoms with Gasteiger partial charge in [-0.05, 0) is 0 Å². The summed E-state index contributed by atoms with van der Waals surface area (Å²) in [5, 5.41) is 0. The van der Waals surface area contributed by atoms with Crippen molar-refractivity contribution >= 4 is 5.97 Å². The molecule has 0 N–H and O–H groups in total. The van der Waals surface area contributed by atoms with E-state index in [0.717, 1.165) is 6.42 Å². The predicted octanol–water partition coefficient (Wildman–Crippen LogP) is 1.95. The van der Waals surface area contributed by atoms with E-state index in [0.29, 0.717) is 21.4 Å². The van der Waals surface area contributed by atoms with Gasteiger partial charge in [0.25, 0.3) is 0 Å². The Bertz CT molecular complexity index is 277. The van der Waals surface area contributed by atoms with Gasteiger partial charge in [0.15, 0.2) is 0 Å². The zero-order valence-corrected chi connectivity index (χ0v) is 14.8. The van der Waals surface area contributed by atoms with Gasteiger partial charge in [-0.25, -0.2) is 0 Å². The van der Waals surface area contributed by atoms with Gasteiger partial charge in [-0.3, -0.25) is 0 Å². The van der Waals surface area contributed by atoms with Gasteiger partial charge in [-0.1, -0.05) is 0 Å². The molecule has 0 aliphatic heterocycles. The maximum absolute atomic E-state index is 10.8. The fourth-order valence-corrected chi connectivity index (χ4v) is 8.59. The Labute approximate surface area is 103 Å². The van der Waals surface area contributed by atoms with E-state index in [1.807, 2.05) is 0 Å². The van der Waals surface area contributed by atoms with Gasteiger partial charge >= 0.3 is 104 Å². The van der Waals surface area contributed by atoms with Crippen molar-refractivity contribution in [1.29, 1.82) is 0 Å². The average Bonchev–Trinajstić information content (AvgIpc) is 2.62. The molecule has 0 amide bonds. The quantitative estimate of drug-likeness (QED) is 0.540. The molecule has 2 aliphatic rings. The number of carbonyl (C=O) groups excluding carboxylic acids is 1. The molecule has 4 atom stereocenters. The molecule has 4 heteroatoms. The van der Waals surface area contributed by atoms with Gasteiger partial charge < -0.3 is 0 Å². The van der Waals surface area contributed by atoms with Crippen molar-refractivity contribution in [2.75, 3.05) is 7.11 Å². The van der Waals surface area contributed by atoms with Gasteiger partial charge in [0, 0.05) is 0 Å². The zero-order valence-electron chi connectivity index (χ0n) is 9.31. The van der Waals surface area contributed by atoms with E-state index < -0.39 is 25.0 Å². The molecule has 0 spiro atoms. The average molecular weight is 397 g/mol. The second-order valence-corrected chi connectivity index (χ2v) is 11.0. The van der Waals surface area contributed by atoms with Crippen LogP contribution in [0.25, 0.3) is 0 Å². The fraction of sp³-hybridized carbons (Fsp3) is 0.727. The van der Waals surface area contributed by atoms with Crippen molar-refractivity contribution in [3.05, 3.63) is 12.2 Å². The van der Waals surface area contributed by atoms with Crippen LogP contribution in [0.2, 0.25) is 3.43 Å². The SMILES string of the molecule is CO[C@H]1C[C@@H]([Hg][O]C(C)=O)[C@H]2C=C[C@@H]1C2. The van der Waals surface area contributed by atoms with Crippen LogP contribution in [-0.2, 0) is 37.2 Å². The molecule has 0 saturated heterocycles. The van der Waals surface area contributed by atoms with Gasteiger partial charge in [0.1, 0.15) is 0 Å². The molecule has 2 rings (SSSR count). The number of allylic oxidation sites excluding steroid dienone is 1. The minimum absolute atomic E-state index is 0.0882. The third-order valence-corrected chi connectivity index (χ3v) is 11.1.